The van der Waals surface area contributed by atoms with Crippen LogP contribution in [0.4, 0.5) is 26.3 Å². The third-order valence-electron chi connectivity index (χ3n) is 7.57. The topological polar surface area (TPSA) is 49.4 Å². The fraction of sp³-hybridized carbons (Fsp3) is 0.840. The average molecular weight is 513 g/mol. The second-order valence-electron chi connectivity index (χ2n) is 10.8. The van der Waals surface area contributed by atoms with Crippen molar-refractivity contribution in [1.82, 2.24) is 10.2 Å². The molecule has 2 aliphatic rings. The van der Waals surface area contributed by atoms with E-state index in [1.165, 1.54) is 13.3 Å². The number of rotatable bonds is 8. The van der Waals surface area contributed by atoms with Gasteiger partial charge in [0.1, 0.15) is 0 Å². The number of amides is 2. The summed E-state index contributed by atoms with van der Waals surface area (Å²) in [7, 11) is 0. The van der Waals surface area contributed by atoms with E-state index in [2.05, 4.69) is 12.2 Å². The van der Waals surface area contributed by atoms with Gasteiger partial charge in [0.25, 0.3) is 0 Å². The Morgan fingerprint density at radius 3 is 2.14 bits per heavy atom. The lowest BCUT2D eigenvalue weighted by molar-refractivity contribution is -0.173. The molecule has 2 rings (SSSR count). The molecule has 1 saturated heterocycles. The number of piperidine rings is 1. The summed E-state index contributed by atoms with van der Waals surface area (Å²) in [6.45, 7) is 4.69. The molecule has 0 aromatic rings. The number of carbonyl (C=O) groups is 2. The highest BCUT2D eigenvalue weighted by Crippen LogP contribution is 2.40. The van der Waals surface area contributed by atoms with E-state index in [0.717, 1.165) is 25.7 Å². The Balaban J connectivity index is 1.79. The zero-order valence-corrected chi connectivity index (χ0v) is 20.8. The normalized spacial score (nSPS) is 22.0. The van der Waals surface area contributed by atoms with Gasteiger partial charge in [-0.05, 0) is 49.9 Å². The molecule has 1 heterocycles. The molecule has 202 valence electrons. The van der Waals surface area contributed by atoms with Crippen LogP contribution in [0.25, 0.3) is 0 Å². The number of hydrogen-bond acceptors (Lipinski definition) is 2. The first-order valence-electron chi connectivity index (χ1n) is 12.5. The van der Waals surface area contributed by atoms with Crippen molar-refractivity contribution in [2.24, 2.45) is 23.2 Å². The third kappa shape index (κ3) is 9.33. The largest absolute Gasteiger partial charge is 0.412 e. The molecular formula is C25H38F6N2O2. The summed E-state index contributed by atoms with van der Waals surface area (Å²) in [6, 6.07) is 0. The first kappa shape index (κ1) is 29.5. The van der Waals surface area contributed by atoms with Crippen molar-refractivity contribution >= 4 is 11.8 Å². The molecule has 0 aromatic heterocycles. The minimum Gasteiger partial charge on any atom is -0.356 e. The minimum absolute atomic E-state index is 0.0189. The van der Waals surface area contributed by atoms with Crippen LogP contribution in [0.5, 0.6) is 0 Å². The number of likely N-dealkylation sites (tertiary alicyclic amines) is 1. The molecule has 0 radical (unpaired) electrons. The number of hydrogen-bond donors (Lipinski definition) is 1. The van der Waals surface area contributed by atoms with E-state index in [0.29, 0.717) is 39.3 Å². The summed E-state index contributed by atoms with van der Waals surface area (Å²) in [5, 5.41) is 2.46. The SMILES string of the molecule is C/C(=C\C([C@@H](C)CNC(=O)CC1CCN(C(=O)CC2(C)CCCCC2)CC1)C(F)(F)F)C(F)(F)F. The van der Waals surface area contributed by atoms with Gasteiger partial charge in [-0.15, -0.1) is 0 Å². The van der Waals surface area contributed by atoms with Crippen molar-refractivity contribution in [1.29, 1.82) is 0 Å². The van der Waals surface area contributed by atoms with Gasteiger partial charge in [0.2, 0.25) is 11.8 Å². The molecule has 1 N–H and O–H groups in total. The molecule has 1 aliphatic carbocycles. The molecule has 2 atom stereocenters. The molecular weight excluding hydrogens is 474 g/mol. The van der Waals surface area contributed by atoms with Crippen LogP contribution in [0.15, 0.2) is 11.6 Å². The molecule has 2 fully saturated rings. The molecule has 0 bridgehead atoms. The van der Waals surface area contributed by atoms with Gasteiger partial charge in [0, 0.05) is 38.0 Å². The third-order valence-corrected chi connectivity index (χ3v) is 7.57. The Kier molecular flexibility index (Phi) is 10.1. The van der Waals surface area contributed by atoms with Crippen LogP contribution < -0.4 is 5.32 Å². The van der Waals surface area contributed by atoms with E-state index in [9.17, 15) is 35.9 Å². The summed E-state index contributed by atoms with van der Waals surface area (Å²) >= 11 is 0. The number of carbonyl (C=O) groups excluding carboxylic acids is 2. The minimum atomic E-state index is -4.86. The fourth-order valence-electron chi connectivity index (χ4n) is 5.13. The molecule has 2 amide bonds. The molecule has 0 spiro atoms. The van der Waals surface area contributed by atoms with Crippen LogP contribution in [-0.2, 0) is 9.59 Å². The van der Waals surface area contributed by atoms with E-state index >= 15 is 0 Å². The lowest BCUT2D eigenvalue weighted by atomic mass is 9.73. The van der Waals surface area contributed by atoms with Crippen LogP contribution in [0.1, 0.15) is 78.6 Å². The van der Waals surface area contributed by atoms with Gasteiger partial charge in [-0.1, -0.05) is 39.2 Å². The molecule has 0 aromatic carbocycles. The maximum atomic E-state index is 13.3. The Morgan fingerprint density at radius 1 is 1.06 bits per heavy atom. The maximum absolute atomic E-state index is 13.3. The van der Waals surface area contributed by atoms with E-state index in [4.69, 9.17) is 0 Å². The highest BCUT2D eigenvalue weighted by atomic mass is 19.4. The van der Waals surface area contributed by atoms with E-state index in [1.807, 2.05) is 4.90 Å². The lowest BCUT2D eigenvalue weighted by Crippen LogP contribution is -2.42. The number of allylic oxidation sites excluding steroid dienone is 2. The standard InChI is InChI=1S/C25H38F6N2O2/c1-17(20(25(29,30)31)13-18(2)24(26,27)28)16-32-21(34)14-19-7-11-33(12-8-19)22(35)15-23(3)9-5-4-6-10-23/h13,17,19-20H,4-12,14-16H2,1-3H3,(H,32,34)/b18-13+/t17-,20?/m0/s1. The monoisotopic (exact) mass is 512 g/mol. The first-order chi connectivity index (χ1) is 16.1. The smallest absolute Gasteiger partial charge is 0.356 e. The number of alkyl halides is 6. The van der Waals surface area contributed by atoms with Crippen molar-refractivity contribution in [2.75, 3.05) is 19.6 Å². The summed E-state index contributed by atoms with van der Waals surface area (Å²) < 4.78 is 78.2. The summed E-state index contributed by atoms with van der Waals surface area (Å²) in [4.78, 5) is 26.9. The zero-order valence-electron chi connectivity index (χ0n) is 20.8. The van der Waals surface area contributed by atoms with Crippen molar-refractivity contribution < 1.29 is 35.9 Å². The predicted octanol–water partition coefficient (Wildman–Crippen LogP) is 6.42. The van der Waals surface area contributed by atoms with E-state index in [-0.39, 0.29) is 36.3 Å². The average Bonchev–Trinajstić information content (AvgIpc) is 2.74. The first-order valence-corrected chi connectivity index (χ1v) is 12.5. The highest BCUT2D eigenvalue weighted by molar-refractivity contribution is 5.77. The lowest BCUT2D eigenvalue weighted by Gasteiger charge is -2.37. The van der Waals surface area contributed by atoms with Crippen molar-refractivity contribution in [3.05, 3.63) is 11.6 Å². The Morgan fingerprint density at radius 2 is 1.63 bits per heavy atom. The zero-order chi connectivity index (χ0) is 26.4. The molecule has 1 saturated carbocycles. The van der Waals surface area contributed by atoms with Crippen molar-refractivity contribution in [3.63, 3.8) is 0 Å². The quantitative estimate of drug-likeness (QED) is 0.302. The van der Waals surface area contributed by atoms with Crippen LogP contribution in [0.2, 0.25) is 0 Å². The molecule has 35 heavy (non-hydrogen) atoms. The second kappa shape index (κ2) is 12.0. The highest BCUT2D eigenvalue weighted by Gasteiger charge is 2.43. The van der Waals surface area contributed by atoms with Crippen molar-refractivity contribution in [2.45, 2.75) is 90.9 Å². The van der Waals surface area contributed by atoms with Gasteiger partial charge >= 0.3 is 12.4 Å². The van der Waals surface area contributed by atoms with E-state index < -0.39 is 35.7 Å². The molecule has 1 unspecified atom stereocenters. The van der Waals surface area contributed by atoms with Crippen LogP contribution in [-0.4, -0.2) is 48.7 Å². The van der Waals surface area contributed by atoms with Crippen LogP contribution in [0.3, 0.4) is 0 Å². The van der Waals surface area contributed by atoms with Gasteiger partial charge in [-0.2, -0.15) is 26.3 Å². The number of nitrogens with one attached hydrogen (secondary N) is 1. The Hall–Kier alpha value is -1.74. The van der Waals surface area contributed by atoms with Gasteiger partial charge in [-0.25, -0.2) is 0 Å². The molecule has 4 nitrogen and oxygen atoms in total. The second-order valence-corrected chi connectivity index (χ2v) is 10.8. The summed E-state index contributed by atoms with van der Waals surface area (Å²) in [5.41, 5.74) is -1.25. The van der Waals surface area contributed by atoms with Gasteiger partial charge in [-0.3, -0.25) is 9.59 Å². The van der Waals surface area contributed by atoms with Crippen LogP contribution in [0, 0.1) is 23.2 Å². The van der Waals surface area contributed by atoms with E-state index in [1.54, 1.807) is 0 Å². The number of halogens is 6. The Bertz CT molecular complexity index is 748. The molecule has 10 heteroatoms. The van der Waals surface area contributed by atoms with Gasteiger partial charge in [0.15, 0.2) is 0 Å². The maximum Gasteiger partial charge on any atom is 0.412 e. The molecule has 1 aliphatic heterocycles. The van der Waals surface area contributed by atoms with Gasteiger partial charge < -0.3 is 10.2 Å². The fourth-order valence-corrected chi connectivity index (χ4v) is 5.13. The summed E-state index contributed by atoms with van der Waals surface area (Å²) in [5.74, 6) is -3.83. The van der Waals surface area contributed by atoms with Gasteiger partial charge in [0.05, 0.1) is 5.92 Å². The van der Waals surface area contributed by atoms with Crippen molar-refractivity contribution in [3.8, 4) is 0 Å². The summed E-state index contributed by atoms with van der Waals surface area (Å²) in [6.07, 6.45) is -1.89. The Labute approximate surface area is 203 Å². The van der Waals surface area contributed by atoms with Crippen LogP contribution >= 0.6 is 0 Å². The predicted molar refractivity (Wildman–Crippen MR) is 121 cm³/mol. The number of nitrogens with zero attached hydrogens (tertiary/aromatic N) is 1.